The van der Waals surface area contributed by atoms with Gasteiger partial charge in [-0.15, -0.1) is 0 Å². The van der Waals surface area contributed by atoms with E-state index in [1.54, 1.807) is 0 Å². The number of anilines is 2. The van der Waals surface area contributed by atoms with Gasteiger partial charge >= 0.3 is 0 Å². The smallest absolute Gasteiger partial charge is 0.245 e. The fourth-order valence-electron chi connectivity index (χ4n) is 2.90. The molecule has 0 saturated heterocycles. The Morgan fingerprint density at radius 2 is 1.07 bits per heavy atom. The summed E-state index contributed by atoms with van der Waals surface area (Å²) in [6, 6.07) is 20.4. The highest BCUT2D eigenvalue weighted by molar-refractivity contribution is 5.73. The van der Waals surface area contributed by atoms with Gasteiger partial charge in [0.05, 0.1) is 12.1 Å². The summed E-state index contributed by atoms with van der Waals surface area (Å²) in [5.74, 6) is 1.22. The van der Waals surface area contributed by atoms with Crippen LogP contribution in [0, 0.1) is 0 Å². The zero-order chi connectivity index (χ0) is 18.6. The molecule has 2 aromatic carbocycles. The minimum Gasteiger partial charge on any atom is -0.360 e. The second kappa shape index (κ2) is 7.41. The molecule has 27 heavy (non-hydrogen) atoms. The van der Waals surface area contributed by atoms with E-state index in [1.807, 2.05) is 36.4 Å². The third-order valence-corrected chi connectivity index (χ3v) is 4.42. The van der Waals surface area contributed by atoms with Crippen LogP contribution in [-0.2, 0) is 0 Å². The highest BCUT2D eigenvalue weighted by Gasteiger charge is 2.17. The molecule has 0 aliphatic carbocycles. The minimum absolute atomic E-state index is 0.0467. The molecule has 0 amide bonds. The maximum absolute atomic E-state index is 4.77. The third-order valence-electron chi connectivity index (χ3n) is 4.42. The van der Waals surface area contributed by atoms with Crippen LogP contribution in [-0.4, -0.2) is 20.3 Å². The van der Waals surface area contributed by atoms with Crippen LogP contribution in [0.3, 0.4) is 0 Å². The number of fused-ring (bicyclic) bond motifs is 1. The summed E-state index contributed by atoms with van der Waals surface area (Å²) < 4.78 is 4.77. The third kappa shape index (κ3) is 3.72. The Morgan fingerprint density at radius 3 is 1.48 bits per heavy atom. The van der Waals surface area contributed by atoms with E-state index in [2.05, 4.69) is 69.0 Å². The van der Waals surface area contributed by atoms with Gasteiger partial charge < -0.3 is 10.6 Å². The first-order chi connectivity index (χ1) is 13.2. The lowest BCUT2D eigenvalue weighted by Gasteiger charge is -2.20. The highest BCUT2D eigenvalue weighted by atomic mass is 16.6. The minimum atomic E-state index is 0.0467. The largest absolute Gasteiger partial charge is 0.360 e. The van der Waals surface area contributed by atoms with Gasteiger partial charge in [-0.1, -0.05) is 60.7 Å². The van der Waals surface area contributed by atoms with Crippen LogP contribution in [0.4, 0.5) is 11.6 Å². The molecule has 2 heterocycles. The molecule has 4 aromatic rings. The standard InChI is InChI=1S/C20H20N6O/c1-13(15-9-5-3-6-10-15)21-17-18(24-20-19(23-17)25-27-26-20)22-14(2)16-11-7-4-8-12-16/h3-14H,1-2H3,(H,21,23,25)(H,22,24,26)/t13-,14-/m0/s1. The van der Waals surface area contributed by atoms with Crippen LogP contribution in [0.25, 0.3) is 11.3 Å². The monoisotopic (exact) mass is 360 g/mol. The first-order valence-electron chi connectivity index (χ1n) is 8.84. The molecule has 0 saturated carbocycles. The fourth-order valence-corrected chi connectivity index (χ4v) is 2.90. The van der Waals surface area contributed by atoms with Gasteiger partial charge in [0.1, 0.15) is 0 Å². The molecule has 2 atom stereocenters. The average Bonchev–Trinajstić information content (AvgIpc) is 3.16. The lowest BCUT2D eigenvalue weighted by molar-refractivity contribution is 0.314. The number of nitrogens with one attached hydrogen (secondary N) is 2. The molecule has 4 rings (SSSR count). The first-order valence-corrected chi connectivity index (χ1v) is 8.84. The predicted octanol–water partition coefficient (Wildman–Crippen LogP) is 4.36. The number of hydrogen-bond acceptors (Lipinski definition) is 7. The molecule has 0 radical (unpaired) electrons. The van der Waals surface area contributed by atoms with E-state index >= 15 is 0 Å². The Balaban J connectivity index is 1.65. The van der Waals surface area contributed by atoms with Gasteiger partial charge in [0.15, 0.2) is 11.6 Å². The molecule has 0 bridgehead atoms. The molecular weight excluding hydrogens is 340 g/mol. The second-order valence-electron chi connectivity index (χ2n) is 6.39. The Labute approximate surface area is 156 Å². The van der Waals surface area contributed by atoms with Gasteiger partial charge in [-0.3, -0.25) is 0 Å². The van der Waals surface area contributed by atoms with Crippen LogP contribution in [0.2, 0.25) is 0 Å². The molecule has 0 fully saturated rings. The molecule has 136 valence electrons. The summed E-state index contributed by atoms with van der Waals surface area (Å²) in [6.45, 7) is 4.15. The summed E-state index contributed by atoms with van der Waals surface area (Å²) >= 11 is 0. The number of aromatic nitrogens is 4. The summed E-state index contributed by atoms with van der Waals surface area (Å²) in [6.07, 6.45) is 0. The fraction of sp³-hybridized carbons (Fsp3) is 0.200. The second-order valence-corrected chi connectivity index (χ2v) is 6.39. The number of nitrogens with zero attached hydrogens (tertiary/aromatic N) is 4. The topological polar surface area (TPSA) is 88.8 Å². The van der Waals surface area contributed by atoms with Crippen LogP contribution in [0.5, 0.6) is 0 Å². The maximum Gasteiger partial charge on any atom is 0.245 e. The van der Waals surface area contributed by atoms with Gasteiger partial charge in [-0.2, -0.15) is 0 Å². The van der Waals surface area contributed by atoms with Crippen LogP contribution in [0.15, 0.2) is 65.3 Å². The van der Waals surface area contributed by atoms with Crippen molar-refractivity contribution in [3.63, 3.8) is 0 Å². The first kappa shape index (κ1) is 17.0. The average molecular weight is 360 g/mol. The lowest BCUT2D eigenvalue weighted by atomic mass is 10.1. The molecule has 2 aromatic heterocycles. The Bertz CT molecular complexity index is 937. The Kier molecular flexibility index (Phi) is 4.65. The van der Waals surface area contributed by atoms with Crippen molar-refractivity contribution < 1.29 is 4.63 Å². The van der Waals surface area contributed by atoms with E-state index in [0.717, 1.165) is 11.1 Å². The van der Waals surface area contributed by atoms with Gasteiger partial charge in [0.25, 0.3) is 0 Å². The van der Waals surface area contributed by atoms with Crippen molar-refractivity contribution >= 4 is 22.9 Å². The summed E-state index contributed by atoms with van der Waals surface area (Å²) in [5, 5.41) is 14.5. The zero-order valence-electron chi connectivity index (χ0n) is 15.1. The molecule has 0 aliphatic heterocycles. The number of rotatable bonds is 6. The maximum atomic E-state index is 4.77. The van der Waals surface area contributed by atoms with Gasteiger partial charge in [0.2, 0.25) is 11.3 Å². The van der Waals surface area contributed by atoms with Gasteiger partial charge in [-0.05, 0) is 35.3 Å². The lowest BCUT2D eigenvalue weighted by Crippen LogP contribution is -2.14. The zero-order valence-corrected chi connectivity index (χ0v) is 15.1. The van der Waals surface area contributed by atoms with Crippen LogP contribution >= 0.6 is 0 Å². The van der Waals surface area contributed by atoms with Crippen molar-refractivity contribution in [1.29, 1.82) is 0 Å². The van der Waals surface area contributed by atoms with E-state index in [-0.39, 0.29) is 12.1 Å². The van der Waals surface area contributed by atoms with Gasteiger partial charge in [-0.25, -0.2) is 14.6 Å². The van der Waals surface area contributed by atoms with Crippen molar-refractivity contribution in [2.75, 3.05) is 10.6 Å². The number of hydrogen-bond donors (Lipinski definition) is 2. The SMILES string of the molecule is C[C@H](Nc1nc2nonc2nc1N[C@@H](C)c1ccccc1)c1ccccc1. The molecule has 0 spiro atoms. The van der Waals surface area contributed by atoms with E-state index in [4.69, 9.17) is 4.63 Å². The molecular formula is C20H20N6O. The summed E-state index contributed by atoms with van der Waals surface area (Å²) in [4.78, 5) is 9.09. The molecule has 2 N–H and O–H groups in total. The number of benzene rings is 2. The van der Waals surface area contributed by atoms with Gasteiger partial charge in [0, 0.05) is 0 Å². The molecule has 0 unspecified atom stereocenters. The van der Waals surface area contributed by atoms with Crippen molar-refractivity contribution in [3.05, 3.63) is 71.8 Å². The Morgan fingerprint density at radius 1 is 0.667 bits per heavy atom. The van der Waals surface area contributed by atoms with E-state index in [9.17, 15) is 0 Å². The molecule has 7 heteroatoms. The van der Waals surface area contributed by atoms with Crippen molar-refractivity contribution in [2.24, 2.45) is 0 Å². The van der Waals surface area contributed by atoms with Crippen LogP contribution in [0.1, 0.15) is 37.1 Å². The predicted molar refractivity (Wildman–Crippen MR) is 104 cm³/mol. The van der Waals surface area contributed by atoms with Crippen LogP contribution < -0.4 is 10.6 Å². The molecule has 0 aliphatic rings. The quantitative estimate of drug-likeness (QED) is 0.528. The van der Waals surface area contributed by atoms with E-state index in [0.29, 0.717) is 22.9 Å². The van der Waals surface area contributed by atoms with Crippen molar-refractivity contribution in [3.8, 4) is 0 Å². The molecule has 7 nitrogen and oxygen atoms in total. The normalized spacial score (nSPS) is 13.3. The highest BCUT2D eigenvalue weighted by Crippen LogP contribution is 2.27. The van der Waals surface area contributed by atoms with E-state index in [1.165, 1.54) is 0 Å². The van der Waals surface area contributed by atoms with Crippen molar-refractivity contribution in [2.45, 2.75) is 25.9 Å². The Hall–Kier alpha value is -3.48. The summed E-state index contributed by atoms with van der Waals surface area (Å²) in [7, 11) is 0. The van der Waals surface area contributed by atoms with Crippen molar-refractivity contribution in [1.82, 2.24) is 20.3 Å². The van der Waals surface area contributed by atoms with E-state index < -0.39 is 0 Å². The summed E-state index contributed by atoms with van der Waals surface area (Å²) in [5.41, 5.74) is 3.05.